The zero-order valence-electron chi connectivity index (χ0n) is 14.1. The fraction of sp³-hybridized carbons (Fsp3) is 0.471. The lowest BCUT2D eigenvalue weighted by Gasteiger charge is -2.11. The number of aromatic nitrogens is 4. The van der Waals surface area contributed by atoms with Crippen molar-refractivity contribution >= 4 is 28.4 Å². The van der Waals surface area contributed by atoms with Gasteiger partial charge in [0, 0.05) is 19.4 Å². The monoisotopic (exact) mass is 346 g/mol. The van der Waals surface area contributed by atoms with E-state index in [1.165, 1.54) is 0 Å². The average molecular weight is 346 g/mol. The zero-order chi connectivity index (χ0) is 16.9. The first kappa shape index (κ1) is 17.0. The summed E-state index contributed by atoms with van der Waals surface area (Å²) in [5.74, 6) is 1.41. The Labute approximate surface area is 144 Å². The van der Waals surface area contributed by atoms with Crippen molar-refractivity contribution < 1.29 is 4.74 Å². The number of rotatable bonds is 8. The normalized spacial score (nSPS) is 11.6. The predicted molar refractivity (Wildman–Crippen MR) is 96.9 cm³/mol. The first-order valence-electron chi connectivity index (χ1n) is 8.26. The zero-order valence-corrected chi connectivity index (χ0v) is 14.9. The molecule has 0 spiro atoms. The van der Waals surface area contributed by atoms with E-state index in [-0.39, 0.29) is 5.56 Å². The fourth-order valence-corrected chi connectivity index (χ4v) is 3.61. The summed E-state index contributed by atoms with van der Waals surface area (Å²) in [5.41, 5.74) is 0.865. The lowest BCUT2D eigenvalue weighted by Crippen LogP contribution is -2.23. The van der Waals surface area contributed by atoms with Crippen LogP contribution in [0.5, 0.6) is 0 Å². The molecular formula is C17H22N4O2S. The van der Waals surface area contributed by atoms with Crippen LogP contribution < -0.4 is 5.56 Å². The molecule has 0 aliphatic heterocycles. The maximum absolute atomic E-state index is 12.9. The molecule has 1 aromatic carbocycles. The van der Waals surface area contributed by atoms with Crippen LogP contribution in [0.25, 0.3) is 16.7 Å². The number of hydrogen-bond acceptors (Lipinski definition) is 5. The van der Waals surface area contributed by atoms with Crippen LogP contribution in [0.3, 0.4) is 0 Å². The predicted octanol–water partition coefficient (Wildman–Crippen LogP) is 2.97. The number of methoxy groups -OCH3 is 1. The van der Waals surface area contributed by atoms with Gasteiger partial charge in [-0.25, -0.2) is 0 Å². The molecule has 128 valence electrons. The summed E-state index contributed by atoms with van der Waals surface area (Å²) >= 11 is 1.59. The molecule has 0 radical (unpaired) electrons. The standard InChI is InChI=1S/C17H22N4O2S/c1-3-4-7-10-20-15(22)13-8-5-6-9-14(13)21-16(20)18-19-17(21)24-12-11-23-2/h5-6,8-9H,3-4,7,10-12H2,1-2H3. The molecule has 2 heterocycles. The number of hydrogen-bond donors (Lipinski definition) is 0. The van der Waals surface area contributed by atoms with Crippen molar-refractivity contribution in [2.24, 2.45) is 0 Å². The van der Waals surface area contributed by atoms with E-state index in [9.17, 15) is 4.79 Å². The van der Waals surface area contributed by atoms with Gasteiger partial charge in [0.05, 0.1) is 17.5 Å². The van der Waals surface area contributed by atoms with Gasteiger partial charge < -0.3 is 4.74 Å². The van der Waals surface area contributed by atoms with E-state index in [1.54, 1.807) is 23.4 Å². The van der Waals surface area contributed by atoms with Gasteiger partial charge in [-0.15, -0.1) is 10.2 Å². The van der Waals surface area contributed by atoms with Gasteiger partial charge in [0.2, 0.25) is 5.78 Å². The first-order chi connectivity index (χ1) is 11.8. The molecule has 2 aromatic heterocycles. The van der Waals surface area contributed by atoms with Gasteiger partial charge in [-0.05, 0) is 18.6 Å². The van der Waals surface area contributed by atoms with Crippen molar-refractivity contribution in [3.05, 3.63) is 34.6 Å². The Bertz CT molecular complexity index is 887. The second-order valence-electron chi connectivity index (χ2n) is 5.64. The van der Waals surface area contributed by atoms with Gasteiger partial charge in [0.15, 0.2) is 5.16 Å². The highest BCUT2D eigenvalue weighted by atomic mass is 32.2. The Balaban J connectivity index is 2.15. The first-order valence-corrected chi connectivity index (χ1v) is 9.25. The molecule has 7 heteroatoms. The van der Waals surface area contributed by atoms with Crippen LogP contribution in [0.2, 0.25) is 0 Å². The molecule has 0 aliphatic rings. The van der Waals surface area contributed by atoms with E-state index in [1.807, 2.05) is 28.7 Å². The van der Waals surface area contributed by atoms with Crippen molar-refractivity contribution in [3.8, 4) is 0 Å². The van der Waals surface area contributed by atoms with Crippen molar-refractivity contribution in [2.75, 3.05) is 19.5 Å². The van der Waals surface area contributed by atoms with Crippen LogP contribution in [-0.2, 0) is 11.3 Å². The van der Waals surface area contributed by atoms with Crippen molar-refractivity contribution in [2.45, 2.75) is 37.9 Å². The average Bonchev–Trinajstić information content (AvgIpc) is 3.02. The summed E-state index contributed by atoms with van der Waals surface area (Å²) in [6.07, 6.45) is 3.17. The van der Waals surface area contributed by atoms with Gasteiger partial charge in [-0.3, -0.25) is 13.8 Å². The second-order valence-corrected chi connectivity index (χ2v) is 6.70. The van der Waals surface area contributed by atoms with Crippen LogP contribution in [0.15, 0.2) is 34.2 Å². The Morgan fingerprint density at radius 3 is 2.83 bits per heavy atom. The summed E-state index contributed by atoms with van der Waals surface area (Å²) in [4.78, 5) is 12.9. The van der Waals surface area contributed by atoms with E-state index in [0.717, 1.165) is 35.7 Å². The third-order valence-corrected chi connectivity index (χ3v) is 4.88. The van der Waals surface area contributed by atoms with Gasteiger partial charge in [-0.2, -0.15) is 0 Å². The Morgan fingerprint density at radius 1 is 1.21 bits per heavy atom. The summed E-state index contributed by atoms with van der Waals surface area (Å²) in [6.45, 7) is 3.47. The number of ether oxygens (including phenoxy) is 1. The molecule has 0 amide bonds. The molecule has 24 heavy (non-hydrogen) atoms. The van der Waals surface area contributed by atoms with Gasteiger partial charge in [0.1, 0.15) is 0 Å². The van der Waals surface area contributed by atoms with Crippen LogP contribution in [0.4, 0.5) is 0 Å². The molecule has 6 nitrogen and oxygen atoms in total. The SMILES string of the molecule is CCCCCn1c(=O)c2ccccc2n2c(SCCOC)nnc12. The van der Waals surface area contributed by atoms with Crippen LogP contribution >= 0.6 is 11.8 Å². The molecule has 3 aromatic rings. The summed E-state index contributed by atoms with van der Waals surface area (Å²) in [5, 5.41) is 10.1. The molecule has 0 aliphatic carbocycles. The molecule has 0 saturated carbocycles. The second kappa shape index (κ2) is 7.81. The van der Waals surface area contributed by atoms with Crippen LogP contribution in [0, 0.1) is 0 Å². The quantitative estimate of drug-likeness (QED) is 0.463. The minimum atomic E-state index is 0.00930. The molecule has 0 unspecified atom stereocenters. The maximum atomic E-state index is 12.9. The van der Waals surface area contributed by atoms with Crippen molar-refractivity contribution in [1.29, 1.82) is 0 Å². The molecule has 0 N–H and O–H groups in total. The van der Waals surface area contributed by atoms with Gasteiger partial charge in [0.25, 0.3) is 5.56 Å². The number of nitrogens with zero attached hydrogens (tertiary/aromatic N) is 4. The number of aryl methyl sites for hydroxylation is 1. The number of thioether (sulfide) groups is 1. The van der Waals surface area contributed by atoms with Crippen LogP contribution in [-0.4, -0.2) is 38.6 Å². The summed E-state index contributed by atoms with van der Waals surface area (Å²) in [6, 6.07) is 7.65. The Hall–Kier alpha value is -1.86. The lowest BCUT2D eigenvalue weighted by atomic mass is 10.2. The highest BCUT2D eigenvalue weighted by molar-refractivity contribution is 7.99. The number of unbranched alkanes of at least 4 members (excludes halogenated alkanes) is 2. The summed E-state index contributed by atoms with van der Waals surface area (Å²) in [7, 11) is 1.68. The number of fused-ring (bicyclic) bond motifs is 3. The largest absolute Gasteiger partial charge is 0.384 e. The number of benzene rings is 1. The van der Waals surface area contributed by atoms with E-state index in [4.69, 9.17) is 4.74 Å². The minimum Gasteiger partial charge on any atom is -0.384 e. The molecular weight excluding hydrogens is 324 g/mol. The van der Waals surface area contributed by atoms with Gasteiger partial charge in [-0.1, -0.05) is 43.7 Å². The molecule has 0 fully saturated rings. The topological polar surface area (TPSA) is 61.4 Å². The molecule has 0 saturated heterocycles. The van der Waals surface area contributed by atoms with E-state index in [2.05, 4.69) is 17.1 Å². The highest BCUT2D eigenvalue weighted by Gasteiger charge is 2.16. The minimum absolute atomic E-state index is 0.00930. The third kappa shape index (κ3) is 3.18. The smallest absolute Gasteiger partial charge is 0.262 e. The number of para-hydroxylation sites is 1. The third-order valence-electron chi connectivity index (χ3n) is 3.98. The molecule has 3 rings (SSSR count). The lowest BCUT2D eigenvalue weighted by molar-refractivity contribution is 0.218. The van der Waals surface area contributed by atoms with E-state index in [0.29, 0.717) is 24.3 Å². The van der Waals surface area contributed by atoms with Crippen LogP contribution in [0.1, 0.15) is 26.2 Å². The van der Waals surface area contributed by atoms with Gasteiger partial charge >= 0.3 is 0 Å². The van der Waals surface area contributed by atoms with Crippen molar-refractivity contribution in [3.63, 3.8) is 0 Å². The molecule has 0 bridgehead atoms. The highest BCUT2D eigenvalue weighted by Crippen LogP contribution is 2.21. The Morgan fingerprint density at radius 2 is 2.04 bits per heavy atom. The van der Waals surface area contributed by atoms with E-state index >= 15 is 0 Å². The maximum Gasteiger partial charge on any atom is 0.262 e. The summed E-state index contributed by atoms with van der Waals surface area (Å²) < 4.78 is 8.86. The van der Waals surface area contributed by atoms with E-state index < -0.39 is 0 Å². The fourth-order valence-electron chi connectivity index (χ4n) is 2.76. The van der Waals surface area contributed by atoms with Crippen molar-refractivity contribution in [1.82, 2.24) is 19.2 Å². The Kier molecular flexibility index (Phi) is 5.52. The molecule has 0 atom stereocenters.